The van der Waals surface area contributed by atoms with Crippen LogP contribution in [0.15, 0.2) is 30.5 Å². The molecule has 0 saturated carbocycles. The molecule has 5 heteroatoms. The minimum atomic E-state index is 0.609. The summed E-state index contributed by atoms with van der Waals surface area (Å²) in [6.45, 7) is 5.06. The highest BCUT2D eigenvalue weighted by atomic mass is 32.1. The summed E-state index contributed by atoms with van der Waals surface area (Å²) < 4.78 is 10.7. The molecule has 0 amide bonds. The third-order valence-corrected chi connectivity index (χ3v) is 4.24. The first-order valence-corrected chi connectivity index (χ1v) is 7.98. The van der Waals surface area contributed by atoms with Gasteiger partial charge in [0.15, 0.2) is 0 Å². The molecule has 0 bridgehead atoms. The highest BCUT2D eigenvalue weighted by molar-refractivity contribution is 7.11. The van der Waals surface area contributed by atoms with Crippen molar-refractivity contribution in [2.24, 2.45) is 0 Å². The van der Waals surface area contributed by atoms with E-state index in [9.17, 15) is 0 Å². The molecular weight excluding hydrogens is 284 g/mol. The number of nitrogens with zero attached hydrogens (tertiary/aromatic N) is 1. The summed E-state index contributed by atoms with van der Waals surface area (Å²) in [4.78, 5) is 7.03. The van der Waals surface area contributed by atoms with Crippen LogP contribution in [0.4, 0.5) is 0 Å². The van der Waals surface area contributed by atoms with Gasteiger partial charge in [0, 0.05) is 30.0 Å². The van der Waals surface area contributed by atoms with Crippen LogP contribution in [0.2, 0.25) is 0 Å². The van der Waals surface area contributed by atoms with Gasteiger partial charge in [0.1, 0.15) is 12.4 Å². The third kappa shape index (κ3) is 5.46. The van der Waals surface area contributed by atoms with E-state index < -0.39 is 0 Å². The molecule has 21 heavy (non-hydrogen) atoms. The van der Waals surface area contributed by atoms with Crippen molar-refractivity contribution < 1.29 is 9.47 Å². The van der Waals surface area contributed by atoms with Crippen LogP contribution in [-0.2, 0) is 24.3 Å². The van der Waals surface area contributed by atoms with Gasteiger partial charge in [-0.1, -0.05) is 6.92 Å². The molecule has 4 nitrogen and oxygen atoms in total. The third-order valence-electron chi connectivity index (χ3n) is 3.03. The second-order valence-corrected chi connectivity index (χ2v) is 5.92. The number of aryl methyl sites for hydroxylation is 1. The Labute approximate surface area is 130 Å². The van der Waals surface area contributed by atoms with Crippen molar-refractivity contribution in [3.63, 3.8) is 0 Å². The average molecular weight is 306 g/mol. The van der Waals surface area contributed by atoms with Crippen LogP contribution in [-0.4, -0.2) is 25.2 Å². The highest BCUT2D eigenvalue weighted by Gasteiger charge is 2.01. The molecule has 0 aliphatic carbocycles. The van der Waals surface area contributed by atoms with Gasteiger partial charge < -0.3 is 14.8 Å². The molecule has 2 aromatic heterocycles. The van der Waals surface area contributed by atoms with Crippen molar-refractivity contribution in [2.45, 2.75) is 26.5 Å². The second-order valence-electron chi connectivity index (χ2n) is 4.67. The summed E-state index contributed by atoms with van der Waals surface area (Å²) in [5, 5.41) is 3.26. The fraction of sp³-hybridized carbons (Fsp3) is 0.438. The molecule has 0 aliphatic rings. The number of pyridine rings is 1. The number of ether oxygens (including phenoxy) is 2. The molecule has 1 N–H and O–H groups in total. The van der Waals surface area contributed by atoms with Crippen LogP contribution in [0.3, 0.4) is 0 Å². The Balaban J connectivity index is 1.76. The molecule has 114 valence electrons. The first-order chi connectivity index (χ1) is 10.3. The van der Waals surface area contributed by atoms with E-state index in [2.05, 4.69) is 29.4 Å². The van der Waals surface area contributed by atoms with E-state index in [1.807, 2.05) is 12.1 Å². The lowest BCUT2D eigenvalue weighted by Crippen LogP contribution is -2.19. The predicted molar refractivity (Wildman–Crippen MR) is 85.8 cm³/mol. The Morgan fingerprint density at radius 3 is 2.71 bits per heavy atom. The van der Waals surface area contributed by atoms with Gasteiger partial charge in [-0.05, 0) is 30.7 Å². The summed E-state index contributed by atoms with van der Waals surface area (Å²) in [5.41, 5.74) is 1.00. The molecule has 2 heterocycles. The molecule has 0 aliphatic heterocycles. The van der Waals surface area contributed by atoms with E-state index in [4.69, 9.17) is 9.47 Å². The summed E-state index contributed by atoms with van der Waals surface area (Å²) >= 11 is 1.80. The number of aromatic nitrogens is 1. The molecule has 2 aromatic rings. The van der Waals surface area contributed by atoms with Crippen LogP contribution < -0.4 is 10.1 Å². The van der Waals surface area contributed by atoms with Gasteiger partial charge in [-0.3, -0.25) is 4.98 Å². The molecule has 0 aromatic carbocycles. The van der Waals surface area contributed by atoms with Crippen molar-refractivity contribution in [1.29, 1.82) is 0 Å². The van der Waals surface area contributed by atoms with Gasteiger partial charge in [0.2, 0.25) is 0 Å². The number of nitrogens with one attached hydrogen (secondary N) is 1. The van der Waals surface area contributed by atoms with Crippen LogP contribution in [0.5, 0.6) is 5.75 Å². The maximum absolute atomic E-state index is 5.76. The minimum absolute atomic E-state index is 0.609. The van der Waals surface area contributed by atoms with E-state index in [-0.39, 0.29) is 0 Å². The van der Waals surface area contributed by atoms with E-state index in [0.29, 0.717) is 13.2 Å². The second kappa shape index (κ2) is 8.77. The fourth-order valence-electron chi connectivity index (χ4n) is 1.84. The fourth-order valence-corrected chi connectivity index (χ4v) is 2.71. The smallest absolute Gasteiger partial charge is 0.138 e. The number of methoxy groups -OCH3 is 1. The van der Waals surface area contributed by atoms with Gasteiger partial charge in [0.05, 0.1) is 18.5 Å². The monoisotopic (exact) mass is 306 g/mol. The molecule has 0 fully saturated rings. The lowest BCUT2D eigenvalue weighted by molar-refractivity contribution is 0.199. The van der Waals surface area contributed by atoms with Crippen molar-refractivity contribution >= 4 is 11.3 Å². The van der Waals surface area contributed by atoms with Crippen LogP contribution in [0, 0.1) is 0 Å². The van der Waals surface area contributed by atoms with E-state index in [1.165, 1.54) is 9.75 Å². The molecular formula is C16H22N2O2S. The molecule has 2 rings (SSSR count). The van der Waals surface area contributed by atoms with Gasteiger partial charge in [-0.2, -0.15) is 0 Å². The van der Waals surface area contributed by atoms with Crippen molar-refractivity contribution in [3.05, 3.63) is 45.9 Å². The summed E-state index contributed by atoms with van der Waals surface area (Å²) in [5.74, 6) is 0.807. The molecule has 0 atom stereocenters. The number of hydrogen-bond donors (Lipinski definition) is 1. The Morgan fingerprint density at radius 1 is 1.19 bits per heavy atom. The molecule has 0 radical (unpaired) electrons. The molecule has 0 unspecified atom stereocenters. The molecule has 0 spiro atoms. The summed E-state index contributed by atoms with van der Waals surface area (Å²) in [6.07, 6.45) is 2.86. The standard InChI is InChI=1S/C16H22N2O2S/c1-3-15-6-7-16(21-15)12-20-14-5-4-13(18-11-14)10-17-8-9-19-2/h4-7,11,17H,3,8-10,12H2,1-2H3. The zero-order valence-corrected chi connectivity index (χ0v) is 13.4. The van der Waals surface area contributed by atoms with E-state index in [1.54, 1.807) is 24.6 Å². The number of hydrogen-bond acceptors (Lipinski definition) is 5. The Morgan fingerprint density at radius 2 is 2.05 bits per heavy atom. The highest BCUT2D eigenvalue weighted by Crippen LogP contribution is 2.19. The van der Waals surface area contributed by atoms with Gasteiger partial charge >= 0.3 is 0 Å². The number of rotatable bonds is 9. The van der Waals surface area contributed by atoms with E-state index in [0.717, 1.165) is 31.0 Å². The van der Waals surface area contributed by atoms with E-state index >= 15 is 0 Å². The quantitative estimate of drug-likeness (QED) is 0.723. The number of thiophene rings is 1. The van der Waals surface area contributed by atoms with Crippen molar-refractivity contribution in [2.75, 3.05) is 20.3 Å². The molecule has 0 saturated heterocycles. The van der Waals surface area contributed by atoms with Crippen molar-refractivity contribution in [1.82, 2.24) is 10.3 Å². The Hall–Kier alpha value is -1.43. The SMILES string of the molecule is CCc1ccc(COc2ccc(CNCCOC)nc2)s1. The first-order valence-electron chi connectivity index (χ1n) is 7.16. The van der Waals surface area contributed by atoms with Gasteiger partial charge in [-0.25, -0.2) is 0 Å². The van der Waals surface area contributed by atoms with Gasteiger partial charge in [-0.15, -0.1) is 11.3 Å². The van der Waals surface area contributed by atoms with Crippen LogP contribution in [0.1, 0.15) is 22.4 Å². The lowest BCUT2D eigenvalue weighted by Gasteiger charge is -2.06. The van der Waals surface area contributed by atoms with Crippen LogP contribution in [0.25, 0.3) is 0 Å². The lowest BCUT2D eigenvalue weighted by atomic mass is 10.3. The summed E-state index contributed by atoms with van der Waals surface area (Å²) in [6, 6.07) is 8.25. The summed E-state index contributed by atoms with van der Waals surface area (Å²) in [7, 11) is 1.70. The largest absolute Gasteiger partial charge is 0.486 e. The maximum atomic E-state index is 5.76. The average Bonchev–Trinajstić information content (AvgIpc) is 2.99. The van der Waals surface area contributed by atoms with Gasteiger partial charge in [0.25, 0.3) is 0 Å². The first kappa shape index (κ1) is 15.9. The topological polar surface area (TPSA) is 43.4 Å². The van der Waals surface area contributed by atoms with Crippen molar-refractivity contribution in [3.8, 4) is 5.75 Å². The zero-order valence-electron chi connectivity index (χ0n) is 12.6. The minimum Gasteiger partial charge on any atom is -0.486 e. The normalized spacial score (nSPS) is 10.8. The maximum Gasteiger partial charge on any atom is 0.138 e. The Bertz CT molecular complexity index is 525. The van der Waals surface area contributed by atoms with Crippen LogP contribution >= 0.6 is 11.3 Å². The Kier molecular flexibility index (Phi) is 6.66. The zero-order chi connectivity index (χ0) is 14.9. The predicted octanol–water partition coefficient (Wildman–Crippen LogP) is 3.02.